The summed E-state index contributed by atoms with van der Waals surface area (Å²) in [7, 11) is -0.0206. The molecule has 6 nitrogen and oxygen atoms in total. The molecule has 142 valence electrons. The van der Waals surface area contributed by atoms with E-state index in [1.54, 1.807) is 30.3 Å². The Hall–Kier alpha value is -2.68. The van der Waals surface area contributed by atoms with E-state index in [0.29, 0.717) is 5.56 Å². The van der Waals surface area contributed by atoms with Crippen molar-refractivity contribution in [2.75, 3.05) is 0 Å². The van der Waals surface area contributed by atoms with Gasteiger partial charge in [-0.05, 0) is 23.3 Å². The normalized spacial score (nSPS) is 20.1. The van der Waals surface area contributed by atoms with Gasteiger partial charge in [-0.2, -0.15) is 8.42 Å². The van der Waals surface area contributed by atoms with E-state index in [1.165, 1.54) is 41.7 Å². The van der Waals surface area contributed by atoms with Gasteiger partial charge >= 0.3 is 10.1 Å². The average Bonchev–Trinajstić information content (AvgIpc) is 2.86. The molecule has 3 rings (SSSR count). The smallest absolute Gasteiger partial charge is 0.304 e. The first-order valence-electron chi connectivity index (χ1n) is 8.48. The molecule has 0 fully saturated rings. The van der Waals surface area contributed by atoms with Crippen LogP contribution in [-0.4, -0.2) is 37.7 Å². The fourth-order valence-corrected chi connectivity index (χ4v) is 3.90. The fourth-order valence-electron chi connectivity index (χ4n) is 2.89. The summed E-state index contributed by atoms with van der Waals surface area (Å²) in [5, 5.41) is 0. The molecule has 1 atom stereocenters. The molecular formula is C17H17B3FNO5S. The molecule has 0 aliphatic carbocycles. The van der Waals surface area contributed by atoms with E-state index in [2.05, 4.69) is 0 Å². The molecule has 11 heteroatoms. The van der Waals surface area contributed by atoms with Gasteiger partial charge in [0.05, 0.1) is 4.55 Å². The number of carbonyl (C=O) groups is 1. The molecule has 2 aromatic rings. The molecule has 0 bridgehead atoms. The van der Waals surface area contributed by atoms with Crippen LogP contribution in [0.15, 0.2) is 66.2 Å². The highest BCUT2D eigenvalue weighted by Gasteiger charge is 2.50. The van der Waals surface area contributed by atoms with Crippen LogP contribution in [0.4, 0.5) is 4.39 Å². The van der Waals surface area contributed by atoms with Crippen LogP contribution >= 0.6 is 0 Å². The van der Waals surface area contributed by atoms with Crippen LogP contribution in [0.25, 0.3) is 0 Å². The Morgan fingerprint density at radius 1 is 1.11 bits per heavy atom. The van der Waals surface area contributed by atoms with Crippen LogP contribution in [0.2, 0.25) is 0 Å². The quantitative estimate of drug-likeness (QED) is 0.500. The molecule has 28 heavy (non-hydrogen) atoms. The molecule has 1 aliphatic heterocycles. The van der Waals surface area contributed by atoms with Gasteiger partial charge < -0.3 is 14.7 Å². The maximum Gasteiger partial charge on any atom is 0.304 e. The summed E-state index contributed by atoms with van der Waals surface area (Å²) in [6, 6.07) is 13.7. The lowest BCUT2D eigenvalue weighted by Gasteiger charge is -2.25. The van der Waals surface area contributed by atoms with Gasteiger partial charge in [-0.1, -0.05) is 42.5 Å². The Kier molecular flexibility index (Phi) is 4.83. The zero-order chi connectivity index (χ0) is 20.7. The Labute approximate surface area is 165 Å². The first kappa shape index (κ1) is 20.1. The summed E-state index contributed by atoms with van der Waals surface area (Å²) < 4.78 is 48.6. The van der Waals surface area contributed by atoms with E-state index in [4.69, 9.17) is 14.7 Å². The number of hydrogen-bond donors (Lipinski definition) is 1. The minimum absolute atomic E-state index is 0.193. The van der Waals surface area contributed by atoms with Crippen LogP contribution in [-0.2, 0) is 33.9 Å². The second-order valence-electron chi connectivity index (χ2n) is 7.08. The zero-order valence-corrected chi connectivity index (χ0v) is 16.4. The third-order valence-corrected chi connectivity index (χ3v) is 6.71. The van der Waals surface area contributed by atoms with Gasteiger partial charge in [-0.15, -0.1) is 0 Å². The van der Waals surface area contributed by atoms with Crippen molar-refractivity contribution in [2.24, 2.45) is 5.73 Å². The lowest BCUT2D eigenvalue weighted by molar-refractivity contribution is -0.126. The van der Waals surface area contributed by atoms with Crippen molar-refractivity contribution in [2.45, 2.75) is 10.0 Å². The van der Waals surface area contributed by atoms with E-state index in [1.807, 2.05) is 0 Å². The summed E-state index contributed by atoms with van der Waals surface area (Å²) in [6.07, 6.45) is 0. The van der Waals surface area contributed by atoms with Gasteiger partial charge in [-0.3, -0.25) is 4.79 Å². The Balaban J connectivity index is 1.94. The van der Waals surface area contributed by atoms with Crippen molar-refractivity contribution >= 4 is 39.4 Å². The third kappa shape index (κ3) is 3.19. The largest absolute Gasteiger partial charge is 0.467 e. The monoisotopic (exact) mass is 399 g/mol. The summed E-state index contributed by atoms with van der Waals surface area (Å²) in [5.41, 5.74) is 4.75. The molecule has 2 N–H and O–H groups in total. The topological polar surface area (TPSA) is 95.7 Å². The molecule has 0 saturated heterocycles. The molecule has 0 aromatic heterocycles. The van der Waals surface area contributed by atoms with Crippen molar-refractivity contribution in [1.82, 2.24) is 0 Å². The fraction of sp³-hybridized carbons (Fsp3) is 0.118. The van der Waals surface area contributed by atoms with E-state index in [9.17, 15) is 17.6 Å². The summed E-state index contributed by atoms with van der Waals surface area (Å²) >= 11 is 0. The highest BCUT2D eigenvalue weighted by Crippen LogP contribution is 2.38. The molecule has 1 aliphatic rings. The lowest BCUT2D eigenvalue weighted by atomic mass is 9.65. The highest BCUT2D eigenvalue weighted by atomic mass is 32.2. The predicted molar refractivity (Wildman–Crippen MR) is 109 cm³/mol. The summed E-state index contributed by atoms with van der Waals surface area (Å²) in [6.45, 7) is 0. The van der Waals surface area contributed by atoms with Crippen LogP contribution in [0.3, 0.4) is 0 Å². The second kappa shape index (κ2) is 6.74. The van der Waals surface area contributed by atoms with Crippen LogP contribution in [0.1, 0.15) is 11.1 Å². The first-order valence-corrected chi connectivity index (χ1v) is 9.89. The third-order valence-electron chi connectivity index (χ3n) is 4.84. The Morgan fingerprint density at radius 2 is 1.75 bits per heavy atom. The van der Waals surface area contributed by atoms with Crippen LogP contribution in [0, 0.1) is 5.82 Å². The number of carbonyl (C=O) groups excluding carboxylic acids is 1. The van der Waals surface area contributed by atoms with Crippen molar-refractivity contribution in [3.63, 3.8) is 0 Å². The van der Waals surface area contributed by atoms with Gasteiger partial charge in [0.1, 0.15) is 21.5 Å². The van der Waals surface area contributed by atoms with E-state index >= 15 is 0 Å². The second-order valence-corrected chi connectivity index (χ2v) is 9.18. The number of rotatable bonds is 5. The van der Waals surface area contributed by atoms with Crippen molar-refractivity contribution in [1.29, 1.82) is 0 Å². The van der Waals surface area contributed by atoms with E-state index in [-0.39, 0.29) is 5.56 Å². The van der Waals surface area contributed by atoms with Crippen molar-refractivity contribution in [3.8, 4) is 0 Å². The van der Waals surface area contributed by atoms with Gasteiger partial charge in [0, 0.05) is 0 Å². The molecule has 0 radical (unpaired) electrons. The maximum absolute atomic E-state index is 13.6. The molecule has 1 unspecified atom stereocenters. The Morgan fingerprint density at radius 3 is 2.36 bits per heavy atom. The number of benzene rings is 2. The van der Waals surface area contributed by atoms with E-state index < -0.39 is 43.4 Å². The van der Waals surface area contributed by atoms with Crippen LogP contribution in [0.5, 0.6) is 0 Å². The number of ether oxygens (including phenoxy) is 1. The van der Waals surface area contributed by atoms with Gasteiger partial charge in [0.15, 0.2) is 13.3 Å². The van der Waals surface area contributed by atoms with Crippen molar-refractivity contribution in [3.05, 3.63) is 83.2 Å². The molecule has 0 amide bonds. The molecule has 0 saturated carbocycles. The summed E-state index contributed by atoms with van der Waals surface area (Å²) in [5.74, 6) is -2.45. The molecule has 1 heterocycles. The average molecular weight is 399 g/mol. The first-order chi connectivity index (χ1) is 13.0. The van der Waals surface area contributed by atoms with Gasteiger partial charge in [0.2, 0.25) is 17.4 Å². The number of halogens is 1. The Bertz CT molecular complexity index is 1080. The minimum Gasteiger partial charge on any atom is -0.467 e. The lowest BCUT2D eigenvalue weighted by Crippen LogP contribution is -2.40. The van der Waals surface area contributed by atoms with Gasteiger partial charge in [0.25, 0.3) is 0 Å². The maximum atomic E-state index is 13.6. The standard InChI is InChI=1S/C17H17B3FNO5S/c18-16(11-7-4-8-12(21)9-11)14(23)13(15(22)26-16)27-28(24,25)17(19,20)10-5-2-1-3-6-10/h1-9H,18-20,22H2. The minimum atomic E-state index is -4.32. The highest BCUT2D eigenvalue weighted by molar-refractivity contribution is 7.90. The number of Topliss-reactive ketones (excluding diaryl/α,β-unsaturated/α-hetero) is 1. The van der Waals surface area contributed by atoms with Gasteiger partial charge in [-0.25, -0.2) is 4.39 Å². The molecular weight excluding hydrogens is 382 g/mol. The summed E-state index contributed by atoms with van der Waals surface area (Å²) in [4.78, 5) is 12.9. The SMILES string of the molecule is BC1(c2cccc(F)c2)OC(N)=C(OS(=O)(=O)C(B)(B)c2ccccc2)C1=O. The number of nitrogens with two attached hydrogens (primary N) is 1. The number of ketones is 1. The predicted octanol–water partition coefficient (Wildman–Crippen LogP) is -1.24. The van der Waals surface area contributed by atoms with Crippen LogP contribution < -0.4 is 5.73 Å². The molecule has 0 spiro atoms. The van der Waals surface area contributed by atoms with E-state index in [0.717, 1.165) is 6.07 Å². The van der Waals surface area contributed by atoms with Crippen molar-refractivity contribution < 1.29 is 26.5 Å². The zero-order valence-electron chi connectivity index (χ0n) is 15.6. The molecule has 2 aromatic carbocycles. The number of hydrogen-bond acceptors (Lipinski definition) is 6.